The van der Waals surface area contributed by atoms with Crippen LogP contribution in [0.2, 0.25) is 20.1 Å². The fourth-order valence-corrected chi connectivity index (χ4v) is 10.2. The number of carbonyl (C=O) groups excluding carboxylic acids is 2. The molecule has 18 heteroatoms. The predicted octanol–water partition coefficient (Wildman–Crippen LogP) is 16.2. The van der Waals surface area contributed by atoms with E-state index in [4.69, 9.17) is 55.9 Å². The average molecular weight is 1140 g/mol. The summed E-state index contributed by atoms with van der Waals surface area (Å²) in [5, 5.41) is 2.68. The van der Waals surface area contributed by atoms with E-state index < -0.39 is 46.6 Å². The van der Waals surface area contributed by atoms with E-state index in [2.05, 4.69) is 24.3 Å². The zero-order valence-electron chi connectivity index (χ0n) is 40.0. The van der Waals surface area contributed by atoms with Crippen LogP contribution < -0.4 is 9.47 Å². The van der Waals surface area contributed by atoms with Gasteiger partial charge in [-0.3, -0.25) is 9.59 Å². The first-order chi connectivity index (χ1) is 35.1. The van der Waals surface area contributed by atoms with Gasteiger partial charge in [0.2, 0.25) is 11.6 Å². The minimum Gasteiger partial charge on any atom is -0.493 e. The maximum absolute atomic E-state index is 12.6. The van der Waals surface area contributed by atoms with Crippen molar-refractivity contribution in [2.24, 2.45) is 0 Å². The Morgan fingerprint density at radius 3 is 1.15 bits per heavy atom. The van der Waals surface area contributed by atoms with Crippen LogP contribution in [0.15, 0.2) is 146 Å². The minimum atomic E-state index is -4.83. The molecule has 0 heterocycles. The average Bonchev–Trinajstić information content (AvgIpc) is 3.36. The Kier molecular flexibility index (Phi) is 24.0. The standard InChI is InChI=1S/C28H27Cl2F3O4S.C28H27Cl2F3O2S/c29-23-10-6-21(7-11-23)26(22-8-12-24(30)13-9-22)2-1-18-38(35,36)19-17-37-25-14-3-20(4-15-25)5-16-27(34)28(31,32)33;29-23-10-6-21(7-11-23)26(22-8-12-24(30)13-9-22)2-1-18-36-19-17-35-25-14-3-20(4-15-25)5-16-27(34)28(31,32)33/h3-4,6-15,26H,1-2,5,16-19H2;3-4,6-15,26H,1-2,5,16-19H2. The van der Waals surface area contributed by atoms with Crippen molar-refractivity contribution in [1.82, 2.24) is 0 Å². The Morgan fingerprint density at radius 2 is 0.797 bits per heavy atom. The van der Waals surface area contributed by atoms with Crippen molar-refractivity contribution in [2.75, 3.05) is 36.2 Å². The predicted molar refractivity (Wildman–Crippen MR) is 287 cm³/mol. The molecule has 74 heavy (non-hydrogen) atoms. The van der Waals surface area contributed by atoms with Crippen molar-refractivity contribution < 1.29 is 53.8 Å². The number of alkyl halides is 6. The van der Waals surface area contributed by atoms with Gasteiger partial charge in [-0.1, -0.05) is 119 Å². The lowest BCUT2D eigenvalue weighted by Gasteiger charge is -2.18. The van der Waals surface area contributed by atoms with Crippen LogP contribution in [0.4, 0.5) is 26.3 Å². The van der Waals surface area contributed by atoms with Crippen LogP contribution in [0.3, 0.4) is 0 Å². The third-order valence-corrected chi connectivity index (χ3v) is 15.5. The lowest BCUT2D eigenvalue weighted by atomic mass is 9.88. The highest BCUT2D eigenvalue weighted by molar-refractivity contribution is 7.99. The Labute approximate surface area is 453 Å². The van der Waals surface area contributed by atoms with Gasteiger partial charge >= 0.3 is 12.4 Å². The van der Waals surface area contributed by atoms with Gasteiger partial charge in [-0.05, 0) is 150 Å². The first-order valence-electron chi connectivity index (χ1n) is 23.6. The fraction of sp³-hybridized carbons (Fsp3) is 0.321. The van der Waals surface area contributed by atoms with Gasteiger partial charge in [0.15, 0.2) is 9.84 Å². The summed E-state index contributed by atoms with van der Waals surface area (Å²) < 4.78 is 110. The maximum atomic E-state index is 12.6. The fourth-order valence-electron chi connectivity index (χ4n) is 7.74. The van der Waals surface area contributed by atoms with Gasteiger partial charge in [0.1, 0.15) is 18.1 Å². The summed E-state index contributed by atoms with van der Waals surface area (Å²) in [6.45, 7) is 0.487. The summed E-state index contributed by atoms with van der Waals surface area (Å²) in [6.07, 6.45) is -7.67. The molecule has 0 saturated heterocycles. The molecule has 0 radical (unpaired) electrons. The number of aryl methyl sites for hydroxylation is 2. The van der Waals surface area contributed by atoms with Crippen LogP contribution in [-0.2, 0) is 32.3 Å². The summed E-state index contributed by atoms with van der Waals surface area (Å²) in [7, 11) is -3.38. The van der Waals surface area contributed by atoms with Crippen LogP contribution in [-0.4, -0.2) is 68.6 Å². The van der Waals surface area contributed by atoms with Gasteiger partial charge in [-0.2, -0.15) is 38.1 Å². The van der Waals surface area contributed by atoms with Gasteiger partial charge in [-0.15, -0.1) is 0 Å². The normalized spacial score (nSPS) is 11.8. The Morgan fingerprint density at radius 1 is 0.459 bits per heavy atom. The molecule has 0 spiro atoms. The van der Waals surface area contributed by atoms with E-state index >= 15 is 0 Å². The number of ether oxygens (including phenoxy) is 2. The minimum absolute atomic E-state index is 0.000210. The molecule has 0 fully saturated rings. The number of hydrogen-bond acceptors (Lipinski definition) is 7. The number of benzene rings is 6. The molecule has 6 nitrogen and oxygen atoms in total. The second kappa shape index (κ2) is 29.6. The van der Waals surface area contributed by atoms with Crippen LogP contribution in [0.1, 0.15) is 83.7 Å². The van der Waals surface area contributed by atoms with Crippen molar-refractivity contribution in [2.45, 2.75) is 75.6 Å². The molecule has 0 aromatic heterocycles. The first-order valence-corrected chi connectivity index (χ1v) is 28.1. The molecule has 0 N–H and O–H groups in total. The molecule has 0 bridgehead atoms. The van der Waals surface area contributed by atoms with Gasteiger partial charge in [0.05, 0.1) is 18.1 Å². The molecule has 0 saturated carbocycles. The molecule has 0 aliphatic heterocycles. The zero-order valence-corrected chi connectivity index (χ0v) is 44.6. The van der Waals surface area contributed by atoms with Gasteiger partial charge in [-0.25, -0.2) is 8.42 Å². The molecule has 396 valence electrons. The SMILES string of the molecule is O=C(CCc1ccc(OCCS(=O)(=O)CCCC(c2ccc(Cl)cc2)c2ccc(Cl)cc2)cc1)C(F)(F)F.O=C(CCc1ccc(OCCSCCCC(c2ccc(Cl)cc2)c2ccc(Cl)cc2)cc1)C(F)(F)F. The second-order valence-corrected chi connectivity index (χ2v) is 22.5. The van der Waals surface area contributed by atoms with Crippen LogP contribution in [0, 0.1) is 0 Å². The third-order valence-electron chi connectivity index (χ3n) is 11.7. The molecule has 0 amide bonds. The topological polar surface area (TPSA) is 86.7 Å². The number of rotatable bonds is 26. The summed E-state index contributed by atoms with van der Waals surface area (Å²) in [4.78, 5) is 22.0. The number of Topliss-reactive ketones (excluding diaryl/α,β-unsaturated/α-hetero) is 2. The van der Waals surface area contributed by atoms with E-state index in [1.165, 1.54) is 11.1 Å². The van der Waals surface area contributed by atoms with Gasteiger partial charge < -0.3 is 9.47 Å². The van der Waals surface area contributed by atoms with Crippen LogP contribution in [0.5, 0.6) is 11.5 Å². The second-order valence-electron chi connectivity index (χ2n) is 17.2. The highest BCUT2D eigenvalue weighted by Gasteiger charge is 2.38. The van der Waals surface area contributed by atoms with Gasteiger partial charge in [0, 0.05) is 50.5 Å². The number of hydrogen-bond donors (Lipinski definition) is 0. The molecule has 6 aromatic carbocycles. The third kappa shape index (κ3) is 21.5. The number of thioether (sulfide) groups is 1. The molecule has 0 aliphatic carbocycles. The smallest absolute Gasteiger partial charge is 0.449 e. The first kappa shape index (κ1) is 60.2. The summed E-state index contributed by atoms with van der Waals surface area (Å²) in [5.74, 6) is -0.502. The number of halogens is 10. The largest absolute Gasteiger partial charge is 0.493 e. The Balaban J connectivity index is 0.000000274. The summed E-state index contributed by atoms with van der Waals surface area (Å²) >= 11 is 26.0. The van der Waals surface area contributed by atoms with E-state index in [-0.39, 0.29) is 42.8 Å². The quantitative estimate of drug-likeness (QED) is 0.0395. The van der Waals surface area contributed by atoms with E-state index in [1.807, 2.05) is 84.6 Å². The van der Waals surface area contributed by atoms with E-state index in [0.717, 1.165) is 45.5 Å². The highest BCUT2D eigenvalue weighted by Crippen LogP contribution is 2.33. The lowest BCUT2D eigenvalue weighted by molar-refractivity contribution is -0.171. The molecular formula is C56H54Cl4F6O6S2. The molecule has 0 aliphatic rings. The summed E-state index contributed by atoms with van der Waals surface area (Å²) in [5.41, 5.74) is 5.73. The van der Waals surface area contributed by atoms with Crippen molar-refractivity contribution >= 4 is 79.6 Å². The summed E-state index contributed by atoms with van der Waals surface area (Å²) in [6, 6.07) is 44.0. The van der Waals surface area contributed by atoms with E-state index in [9.17, 15) is 44.3 Å². The molecule has 0 unspecified atom stereocenters. The molecule has 6 rings (SSSR count). The van der Waals surface area contributed by atoms with E-state index in [1.54, 1.807) is 48.5 Å². The highest BCUT2D eigenvalue weighted by atomic mass is 35.5. The monoisotopic (exact) mass is 1140 g/mol. The van der Waals surface area contributed by atoms with Crippen LogP contribution in [0.25, 0.3) is 0 Å². The van der Waals surface area contributed by atoms with E-state index in [0.29, 0.717) is 52.1 Å². The van der Waals surface area contributed by atoms with Crippen molar-refractivity contribution in [1.29, 1.82) is 0 Å². The molecule has 6 aromatic rings. The Hall–Kier alpha value is -4.70. The Bertz CT molecular complexity index is 2670. The zero-order chi connectivity index (χ0) is 53.7. The number of ketones is 2. The number of carbonyl (C=O) groups is 2. The molecular weight excluding hydrogens is 1090 g/mol. The maximum Gasteiger partial charge on any atom is 0.449 e. The van der Waals surface area contributed by atoms with Crippen LogP contribution >= 0.6 is 58.2 Å². The van der Waals surface area contributed by atoms with Gasteiger partial charge in [0.25, 0.3) is 0 Å². The lowest BCUT2D eigenvalue weighted by Crippen LogP contribution is -2.22. The number of sulfone groups is 1. The molecule has 0 atom stereocenters. The van der Waals surface area contributed by atoms with Crippen molar-refractivity contribution in [3.63, 3.8) is 0 Å². The van der Waals surface area contributed by atoms with Crippen molar-refractivity contribution in [3.05, 3.63) is 199 Å². The van der Waals surface area contributed by atoms with Crippen molar-refractivity contribution in [3.8, 4) is 11.5 Å².